The number of nitrogens with one attached hydrogen (secondary N) is 3. The van der Waals surface area contributed by atoms with E-state index in [1.165, 1.54) is 44.9 Å². The van der Waals surface area contributed by atoms with Crippen LogP contribution in [0.3, 0.4) is 0 Å². The number of ether oxygens (including phenoxy) is 1. The summed E-state index contributed by atoms with van der Waals surface area (Å²) in [6.45, 7) is 12.5. The van der Waals surface area contributed by atoms with Crippen molar-refractivity contribution in [1.82, 2.24) is 25.7 Å². The molecule has 2 fully saturated rings. The van der Waals surface area contributed by atoms with Crippen LogP contribution >= 0.6 is 0 Å². The van der Waals surface area contributed by atoms with Gasteiger partial charge in [0, 0.05) is 31.1 Å². The molecule has 2 aliphatic rings. The molecule has 0 aliphatic heterocycles. The lowest BCUT2D eigenvalue weighted by Crippen LogP contribution is -2.41. The highest BCUT2D eigenvalue weighted by Crippen LogP contribution is 2.42. The van der Waals surface area contributed by atoms with Gasteiger partial charge in [0.2, 0.25) is 11.8 Å². The van der Waals surface area contributed by atoms with E-state index < -0.39 is 5.41 Å². The zero-order chi connectivity index (χ0) is 27.0. The van der Waals surface area contributed by atoms with E-state index in [1.54, 1.807) is 10.9 Å². The van der Waals surface area contributed by atoms with Crippen molar-refractivity contribution < 1.29 is 14.3 Å². The van der Waals surface area contributed by atoms with Gasteiger partial charge in [0.05, 0.1) is 12.8 Å². The number of hydrogen-bond acceptors (Lipinski definition) is 5. The molecular weight excluding hydrogens is 466 g/mol. The molecule has 210 valence electrons. The fraction of sp³-hybridized carbons (Fsp3) is 0.828. The van der Waals surface area contributed by atoms with Crippen LogP contribution in [0.25, 0.3) is 0 Å². The van der Waals surface area contributed by atoms with Crippen molar-refractivity contribution >= 4 is 11.8 Å². The lowest BCUT2D eigenvalue weighted by molar-refractivity contribution is -0.129. The molecule has 1 aromatic heterocycles. The molecule has 0 aromatic carbocycles. The van der Waals surface area contributed by atoms with Gasteiger partial charge >= 0.3 is 0 Å². The average molecular weight is 518 g/mol. The van der Waals surface area contributed by atoms with Gasteiger partial charge in [-0.25, -0.2) is 4.68 Å². The summed E-state index contributed by atoms with van der Waals surface area (Å²) in [6.07, 6.45) is 11.4. The lowest BCUT2D eigenvalue weighted by Gasteiger charge is -2.36. The summed E-state index contributed by atoms with van der Waals surface area (Å²) in [7, 11) is 1.86. The Bertz CT molecular complexity index is 867. The molecule has 8 heteroatoms. The molecule has 0 radical (unpaired) electrons. The van der Waals surface area contributed by atoms with Crippen LogP contribution in [-0.2, 0) is 11.3 Å². The van der Waals surface area contributed by atoms with E-state index in [4.69, 9.17) is 4.74 Å². The van der Waals surface area contributed by atoms with Crippen molar-refractivity contribution in [1.29, 1.82) is 0 Å². The summed E-state index contributed by atoms with van der Waals surface area (Å²) in [5.74, 6) is 2.88. The van der Waals surface area contributed by atoms with E-state index >= 15 is 0 Å². The number of nitrogens with zero attached hydrogens (tertiary/aromatic N) is 2. The van der Waals surface area contributed by atoms with Crippen LogP contribution in [-0.4, -0.2) is 54.4 Å². The summed E-state index contributed by atoms with van der Waals surface area (Å²) in [4.78, 5) is 26.1. The lowest BCUT2D eigenvalue weighted by atomic mass is 9.72. The average Bonchev–Trinajstić information content (AvgIpc) is 3.19. The first-order valence-electron chi connectivity index (χ1n) is 14.5. The number of carbonyl (C=O) groups is 2. The number of aryl methyl sites for hydroxylation is 1. The third kappa shape index (κ3) is 8.45. The maximum absolute atomic E-state index is 13.4. The number of rotatable bonds is 13. The Balaban J connectivity index is 1.66. The van der Waals surface area contributed by atoms with Gasteiger partial charge < -0.3 is 20.7 Å². The number of carbonyl (C=O) groups excluding carboxylic acids is 2. The molecule has 2 bridgehead atoms. The Hall–Kier alpha value is -2.09. The van der Waals surface area contributed by atoms with Crippen molar-refractivity contribution in [3.05, 3.63) is 11.8 Å². The largest absolute Gasteiger partial charge is 0.477 e. The smallest absolute Gasteiger partial charge is 0.258 e. The maximum Gasteiger partial charge on any atom is 0.258 e. The fourth-order valence-electron chi connectivity index (χ4n) is 5.89. The summed E-state index contributed by atoms with van der Waals surface area (Å²) >= 11 is 0. The van der Waals surface area contributed by atoms with Crippen molar-refractivity contribution in [2.24, 2.45) is 29.1 Å². The molecule has 3 atom stereocenters. The van der Waals surface area contributed by atoms with Gasteiger partial charge in [-0.2, -0.15) is 5.10 Å². The minimum Gasteiger partial charge on any atom is -0.477 e. The minimum absolute atomic E-state index is 0.0133. The highest BCUT2D eigenvalue weighted by molar-refractivity contribution is 5.96. The van der Waals surface area contributed by atoms with Gasteiger partial charge in [-0.1, -0.05) is 53.4 Å². The van der Waals surface area contributed by atoms with Crippen LogP contribution < -0.4 is 20.7 Å². The molecule has 1 heterocycles. The van der Waals surface area contributed by atoms with Crippen molar-refractivity contribution in [2.75, 3.05) is 26.7 Å². The van der Waals surface area contributed by atoms with Gasteiger partial charge in [-0.3, -0.25) is 9.59 Å². The summed E-state index contributed by atoms with van der Waals surface area (Å²) in [5.41, 5.74) is -0.0824. The van der Waals surface area contributed by atoms with Gasteiger partial charge in [0.25, 0.3) is 5.91 Å². The Morgan fingerprint density at radius 1 is 1.11 bits per heavy atom. The zero-order valence-corrected chi connectivity index (χ0v) is 24.1. The first-order chi connectivity index (χ1) is 17.6. The van der Waals surface area contributed by atoms with E-state index in [0.29, 0.717) is 49.4 Å². The summed E-state index contributed by atoms with van der Waals surface area (Å²) < 4.78 is 7.88. The first kappa shape index (κ1) is 29.5. The Kier molecular flexibility index (Phi) is 10.9. The number of likely N-dealkylation sites (N-methyl/N-ethyl adjacent to an activating group) is 1. The Labute approximate surface area is 224 Å². The molecular formula is C29H51N5O3. The van der Waals surface area contributed by atoms with Crippen LogP contribution in [0.2, 0.25) is 0 Å². The molecule has 2 aliphatic carbocycles. The number of fused-ring (bicyclic) bond motifs is 2. The maximum atomic E-state index is 13.4. The van der Waals surface area contributed by atoms with Gasteiger partial charge in [0.15, 0.2) is 0 Å². The third-order valence-electron chi connectivity index (χ3n) is 8.29. The predicted molar refractivity (Wildman–Crippen MR) is 148 cm³/mol. The SMILES string of the molecule is CNCCNC(=O)C(C)(C)CCn1ncc(C(=O)NC(C)C2CC3CCCCC(C3)C2)c1OCC(C)C. The van der Waals surface area contributed by atoms with E-state index in [-0.39, 0.29) is 17.9 Å². The molecule has 3 rings (SSSR count). The molecule has 0 saturated heterocycles. The van der Waals surface area contributed by atoms with Crippen LogP contribution in [0, 0.1) is 29.1 Å². The van der Waals surface area contributed by atoms with Crippen LogP contribution in [0.15, 0.2) is 6.20 Å². The normalized spacial score (nSPS) is 22.8. The molecule has 3 unspecified atom stereocenters. The van der Waals surface area contributed by atoms with E-state index in [0.717, 1.165) is 18.4 Å². The van der Waals surface area contributed by atoms with E-state index in [2.05, 4.69) is 41.8 Å². The molecule has 2 amide bonds. The first-order valence-corrected chi connectivity index (χ1v) is 14.5. The monoisotopic (exact) mass is 517 g/mol. The Morgan fingerprint density at radius 3 is 2.41 bits per heavy atom. The van der Waals surface area contributed by atoms with Crippen molar-refractivity contribution in [2.45, 2.75) is 98.6 Å². The summed E-state index contributed by atoms with van der Waals surface area (Å²) in [5, 5.41) is 13.8. The fourth-order valence-corrected chi connectivity index (χ4v) is 5.89. The molecule has 1 aromatic rings. The van der Waals surface area contributed by atoms with Crippen LogP contribution in [0.4, 0.5) is 0 Å². The molecule has 0 spiro atoms. The van der Waals surface area contributed by atoms with E-state index in [9.17, 15) is 9.59 Å². The van der Waals surface area contributed by atoms with Crippen molar-refractivity contribution in [3.8, 4) is 5.88 Å². The van der Waals surface area contributed by atoms with Crippen molar-refractivity contribution in [3.63, 3.8) is 0 Å². The molecule has 37 heavy (non-hydrogen) atoms. The van der Waals surface area contributed by atoms with Gasteiger partial charge in [0.1, 0.15) is 5.56 Å². The van der Waals surface area contributed by atoms with Gasteiger partial charge in [-0.15, -0.1) is 0 Å². The number of amides is 2. The quantitative estimate of drug-likeness (QED) is 0.337. The highest BCUT2D eigenvalue weighted by atomic mass is 16.5. The topological polar surface area (TPSA) is 97.3 Å². The van der Waals surface area contributed by atoms with E-state index in [1.807, 2.05) is 20.9 Å². The summed E-state index contributed by atoms with van der Waals surface area (Å²) in [6, 6.07) is 0.123. The third-order valence-corrected chi connectivity index (χ3v) is 8.29. The number of aromatic nitrogens is 2. The Morgan fingerprint density at radius 2 is 1.78 bits per heavy atom. The second-order valence-corrected chi connectivity index (χ2v) is 12.5. The molecule has 2 saturated carbocycles. The zero-order valence-electron chi connectivity index (χ0n) is 24.1. The highest BCUT2D eigenvalue weighted by Gasteiger charge is 2.34. The second kappa shape index (κ2) is 13.6. The molecule has 8 nitrogen and oxygen atoms in total. The minimum atomic E-state index is -0.566. The second-order valence-electron chi connectivity index (χ2n) is 12.5. The standard InChI is InChI=1S/C29H51N5O3/c1-20(2)19-37-27-25(18-32-34(27)14-11-29(4,5)28(36)31-13-12-30-6)26(35)33-21(3)24-16-22-9-7-8-10-23(15-22)17-24/h18,20-24,30H,7-17,19H2,1-6H3,(H,31,36)(H,33,35). The van der Waals surface area contributed by atoms with Gasteiger partial charge in [-0.05, 0) is 63.3 Å². The van der Waals surface area contributed by atoms with Crippen LogP contribution in [0.1, 0.15) is 96.3 Å². The number of hydrogen-bond donors (Lipinski definition) is 3. The predicted octanol–water partition coefficient (Wildman–Crippen LogP) is 4.39. The van der Waals surface area contributed by atoms with Crippen LogP contribution in [0.5, 0.6) is 5.88 Å². The molecule has 3 N–H and O–H groups in total.